The second-order valence-corrected chi connectivity index (χ2v) is 5.66. The number of carbonyl (C=O) groups is 2. The van der Waals surface area contributed by atoms with E-state index in [1.807, 2.05) is 0 Å². The molecular formula is C19H19N3O5. The number of likely N-dealkylation sites (N-methyl/N-ethyl adjacent to an activating group) is 1. The fraction of sp³-hybridized carbons (Fsp3) is 0.158. The van der Waals surface area contributed by atoms with Crippen molar-refractivity contribution in [1.82, 2.24) is 4.90 Å². The van der Waals surface area contributed by atoms with Gasteiger partial charge in [-0.25, -0.2) is 0 Å². The molecule has 0 radical (unpaired) electrons. The number of nitro groups is 1. The number of ether oxygens (including phenoxy) is 1. The first-order chi connectivity index (χ1) is 12.9. The van der Waals surface area contributed by atoms with Gasteiger partial charge in [0.25, 0.3) is 5.69 Å². The van der Waals surface area contributed by atoms with Gasteiger partial charge in [-0.3, -0.25) is 19.7 Å². The molecule has 0 aliphatic rings. The van der Waals surface area contributed by atoms with Crippen LogP contribution in [-0.2, 0) is 9.59 Å². The van der Waals surface area contributed by atoms with E-state index >= 15 is 0 Å². The highest BCUT2D eigenvalue weighted by molar-refractivity contribution is 5.97. The second kappa shape index (κ2) is 9.14. The number of rotatable bonds is 7. The fourth-order valence-corrected chi connectivity index (χ4v) is 2.20. The summed E-state index contributed by atoms with van der Waals surface area (Å²) < 4.78 is 5.04. The normalized spacial score (nSPS) is 10.4. The standard InChI is InChI=1S/C19H19N3O5/c1-21(13-18(23)20-15-7-9-17(27-2)10-8-15)19(24)11-6-14-4-3-5-16(12-14)22(25)26/h3-12H,13H2,1-2H3,(H,20,23)/b11-6+. The minimum Gasteiger partial charge on any atom is -0.497 e. The van der Waals surface area contributed by atoms with Crippen molar-refractivity contribution in [2.24, 2.45) is 0 Å². The molecule has 2 aromatic carbocycles. The van der Waals surface area contributed by atoms with Crippen LogP contribution in [0.25, 0.3) is 6.08 Å². The Bertz CT molecular complexity index is 862. The molecule has 8 heteroatoms. The molecular weight excluding hydrogens is 350 g/mol. The molecule has 0 aromatic heterocycles. The van der Waals surface area contributed by atoms with Gasteiger partial charge in [0.05, 0.1) is 18.6 Å². The van der Waals surface area contributed by atoms with Gasteiger partial charge in [-0.2, -0.15) is 0 Å². The molecule has 0 unspecified atom stereocenters. The maximum Gasteiger partial charge on any atom is 0.270 e. The van der Waals surface area contributed by atoms with Crippen molar-refractivity contribution in [2.75, 3.05) is 26.0 Å². The zero-order valence-electron chi connectivity index (χ0n) is 14.9. The van der Waals surface area contributed by atoms with Gasteiger partial charge in [0, 0.05) is 30.9 Å². The predicted octanol–water partition coefficient (Wildman–Crippen LogP) is 2.71. The van der Waals surface area contributed by atoms with Gasteiger partial charge in [-0.15, -0.1) is 0 Å². The number of hydrogen-bond donors (Lipinski definition) is 1. The molecule has 0 saturated heterocycles. The Hall–Kier alpha value is -3.68. The highest BCUT2D eigenvalue weighted by Gasteiger charge is 2.11. The zero-order valence-corrected chi connectivity index (χ0v) is 14.9. The number of amides is 2. The number of carbonyl (C=O) groups excluding carboxylic acids is 2. The summed E-state index contributed by atoms with van der Waals surface area (Å²) in [5.74, 6) is -0.0715. The van der Waals surface area contributed by atoms with Crippen LogP contribution in [0.4, 0.5) is 11.4 Å². The third kappa shape index (κ3) is 5.96. The molecule has 0 bridgehead atoms. The SMILES string of the molecule is COc1ccc(NC(=O)CN(C)C(=O)/C=C/c2cccc([N+](=O)[O-])c2)cc1. The first-order valence-electron chi connectivity index (χ1n) is 8.00. The van der Waals surface area contributed by atoms with Crippen LogP contribution < -0.4 is 10.1 Å². The van der Waals surface area contributed by atoms with E-state index in [4.69, 9.17) is 4.74 Å². The van der Waals surface area contributed by atoms with Crippen LogP contribution in [0, 0.1) is 10.1 Å². The Kier molecular flexibility index (Phi) is 6.65. The first kappa shape index (κ1) is 19.6. The number of hydrogen-bond acceptors (Lipinski definition) is 5. The Morgan fingerprint density at radius 2 is 1.93 bits per heavy atom. The van der Waals surface area contributed by atoms with Crippen LogP contribution >= 0.6 is 0 Å². The van der Waals surface area contributed by atoms with E-state index in [-0.39, 0.29) is 18.1 Å². The third-order valence-electron chi connectivity index (χ3n) is 3.63. The quantitative estimate of drug-likeness (QED) is 0.459. The lowest BCUT2D eigenvalue weighted by Gasteiger charge is -2.15. The number of benzene rings is 2. The highest BCUT2D eigenvalue weighted by Crippen LogP contribution is 2.15. The van der Waals surface area contributed by atoms with E-state index in [0.29, 0.717) is 17.0 Å². The summed E-state index contributed by atoms with van der Waals surface area (Å²) in [6, 6.07) is 12.7. The van der Waals surface area contributed by atoms with Crippen molar-refractivity contribution in [3.8, 4) is 5.75 Å². The lowest BCUT2D eigenvalue weighted by atomic mass is 10.2. The molecule has 27 heavy (non-hydrogen) atoms. The predicted molar refractivity (Wildman–Crippen MR) is 101 cm³/mol. The summed E-state index contributed by atoms with van der Waals surface area (Å²) in [5.41, 5.74) is 1.05. The molecule has 0 aliphatic heterocycles. The Labute approximate surface area is 156 Å². The minimum atomic E-state index is -0.505. The molecule has 0 heterocycles. The molecule has 8 nitrogen and oxygen atoms in total. The average Bonchev–Trinajstić information content (AvgIpc) is 2.66. The van der Waals surface area contributed by atoms with E-state index in [0.717, 1.165) is 0 Å². The van der Waals surface area contributed by atoms with Gasteiger partial charge in [0.2, 0.25) is 11.8 Å². The molecule has 0 atom stereocenters. The number of non-ortho nitro benzene ring substituents is 1. The topological polar surface area (TPSA) is 102 Å². The van der Waals surface area contributed by atoms with E-state index in [1.165, 1.54) is 42.3 Å². The number of anilines is 1. The summed E-state index contributed by atoms with van der Waals surface area (Å²) in [6.45, 7) is -0.135. The summed E-state index contributed by atoms with van der Waals surface area (Å²) in [7, 11) is 3.04. The van der Waals surface area contributed by atoms with Crippen LogP contribution in [-0.4, -0.2) is 42.3 Å². The molecule has 2 rings (SSSR count). The smallest absolute Gasteiger partial charge is 0.270 e. The van der Waals surface area contributed by atoms with Gasteiger partial charge in [0.15, 0.2) is 0 Å². The largest absolute Gasteiger partial charge is 0.497 e. The van der Waals surface area contributed by atoms with Crippen LogP contribution in [0.1, 0.15) is 5.56 Å². The van der Waals surface area contributed by atoms with Gasteiger partial charge in [0.1, 0.15) is 5.75 Å². The zero-order chi connectivity index (χ0) is 19.8. The van der Waals surface area contributed by atoms with Crippen LogP contribution in [0.2, 0.25) is 0 Å². The number of nitro benzene ring substituents is 1. The van der Waals surface area contributed by atoms with Gasteiger partial charge < -0.3 is 15.0 Å². The van der Waals surface area contributed by atoms with E-state index in [2.05, 4.69) is 5.32 Å². The molecule has 0 fully saturated rings. The van der Waals surface area contributed by atoms with Crippen molar-refractivity contribution < 1.29 is 19.2 Å². The molecule has 1 N–H and O–H groups in total. The van der Waals surface area contributed by atoms with Gasteiger partial charge in [-0.1, -0.05) is 12.1 Å². The van der Waals surface area contributed by atoms with E-state index in [9.17, 15) is 19.7 Å². The Morgan fingerprint density at radius 3 is 2.56 bits per heavy atom. The Morgan fingerprint density at radius 1 is 1.22 bits per heavy atom. The lowest BCUT2D eigenvalue weighted by Crippen LogP contribution is -2.33. The third-order valence-corrected chi connectivity index (χ3v) is 3.63. The Balaban J connectivity index is 1.91. The molecule has 0 spiro atoms. The number of nitrogens with one attached hydrogen (secondary N) is 1. The fourth-order valence-electron chi connectivity index (χ4n) is 2.20. The monoisotopic (exact) mass is 369 g/mol. The van der Waals surface area contributed by atoms with Crippen molar-refractivity contribution in [3.05, 3.63) is 70.3 Å². The molecule has 2 aromatic rings. The molecule has 2 amide bonds. The summed E-state index contributed by atoms with van der Waals surface area (Å²) in [6.07, 6.45) is 2.73. The summed E-state index contributed by atoms with van der Waals surface area (Å²) in [5, 5.41) is 13.4. The highest BCUT2D eigenvalue weighted by atomic mass is 16.6. The van der Waals surface area contributed by atoms with Crippen LogP contribution in [0.3, 0.4) is 0 Å². The van der Waals surface area contributed by atoms with Crippen molar-refractivity contribution in [2.45, 2.75) is 0 Å². The van der Waals surface area contributed by atoms with Crippen LogP contribution in [0.15, 0.2) is 54.6 Å². The van der Waals surface area contributed by atoms with E-state index < -0.39 is 10.8 Å². The maximum atomic E-state index is 12.1. The van der Waals surface area contributed by atoms with Crippen molar-refractivity contribution in [3.63, 3.8) is 0 Å². The van der Waals surface area contributed by atoms with Crippen LogP contribution in [0.5, 0.6) is 5.75 Å². The summed E-state index contributed by atoms with van der Waals surface area (Å²) >= 11 is 0. The maximum absolute atomic E-state index is 12.1. The van der Waals surface area contributed by atoms with Gasteiger partial charge >= 0.3 is 0 Å². The lowest BCUT2D eigenvalue weighted by molar-refractivity contribution is -0.384. The number of nitrogens with zero attached hydrogens (tertiary/aromatic N) is 2. The van der Waals surface area contributed by atoms with Crippen molar-refractivity contribution in [1.29, 1.82) is 0 Å². The van der Waals surface area contributed by atoms with Crippen molar-refractivity contribution >= 4 is 29.3 Å². The minimum absolute atomic E-state index is 0.0585. The average molecular weight is 369 g/mol. The van der Waals surface area contributed by atoms with E-state index in [1.54, 1.807) is 37.4 Å². The molecule has 140 valence electrons. The first-order valence-corrected chi connectivity index (χ1v) is 8.00. The number of methoxy groups -OCH3 is 1. The molecule has 0 aliphatic carbocycles. The summed E-state index contributed by atoms with van der Waals surface area (Å²) in [4.78, 5) is 35.7. The molecule has 0 saturated carbocycles. The second-order valence-electron chi connectivity index (χ2n) is 5.66. The van der Waals surface area contributed by atoms with Gasteiger partial charge in [-0.05, 0) is 35.9 Å².